The van der Waals surface area contributed by atoms with E-state index in [1.165, 1.54) is 5.56 Å². The number of rotatable bonds is 5. The zero-order valence-corrected chi connectivity index (χ0v) is 14.0. The Bertz CT molecular complexity index is 433. The molecule has 0 saturated heterocycles. The Morgan fingerprint density at radius 2 is 2.16 bits per heavy atom. The molecule has 0 radical (unpaired) electrons. The molecule has 0 fully saturated rings. The molecule has 0 atom stereocenters. The normalized spacial score (nSPS) is 10.4. The highest BCUT2D eigenvalue weighted by atomic mass is 127. The van der Waals surface area contributed by atoms with E-state index in [0.29, 0.717) is 13.1 Å². The maximum absolute atomic E-state index is 5.36. The first-order chi connectivity index (χ1) is 8.71. The molecule has 0 bridgehead atoms. The van der Waals surface area contributed by atoms with Gasteiger partial charge in [0.05, 0.1) is 7.11 Å². The number of methoxy groups -OCH3 is 1. The van der Waals surface area contributed by atoms with Crippen LogP contribution in [0.25, 0.3) is 0 Å². The average molecular weight is 375 g/mol. The summed E-state index contributed by atoms with van der Waals surface area (Å²) in [5.74, 6) is 1.64. The third kappa shape index (κ3) is 5.96. The number of aliphatic imine (C=N–C) groups is 1. The van der Waals surface area contributed by atoms with Crippen molar-refractivity contribution in [3.05, 3.63) is 42.0 Å². The molecule has 106 valence electrons. The number of nitrogens with one attached hydrogen (secondary N) is 2. The van der Waals surface area contributed by atoms with Gasteiger partial charge in [0, 0.05) is 25.7 Å². The Kier molecular flexibility index (Phi) is 9.03. The van der Waals surface area contributed by atoms with E-state index < -0.39 is 0 Å². The van der Waals surface area contributed by atoms with Crippen LogP contribution in [0.4, 0.5) is 0 Å². The van der Waals surface area contributed by atoms with Crippen molar-refractivity contribution < 1.29 is 4.74 Å². The summed E-state index contributed by atoms with van der Waals surface area (Å²) in [6, 6.07) is 6.15. The highest BCUT2D eigenvalue weighted by Crippen LogP contribution is 2.19. The Hall–Kier alpha value is -1.24. The van der Waals surface area contributed by atoms with Gasteiger partial charge in [-0.25, -0.2) is 0 Å². The quantitative estimate of drug-likeness (QED) is 0.360. The van der Waals surface area contributed by atoms with Crippen molar-refractivity contribution in [2.24, 2.45) is 4.99 Å². The molecule has 1 aromatic carbocycles. The highest BCUT2D eigenvalue weighted by Gasteiger charge is 2.04. The fourth-order valence-corrected chi connectivity index (χ4v) is 1.57. The summed E-state index contributed by atoms with van der Waals surface area (Å²) in [4.78, 5) is 4.12. The molecule has 0 heterocycles. The minimum Gasteiger partial charge on any atom is -0.496 e. The number of guanidine groups is 1. The molecular formula is C14H22IN3O. The van der Waals surface area contributed by atoms with Crippen molar-refractivity contribution in [1.82, 2.24) is 10.6 Å². The smallest absolute Gasteiger partial charge is 0.191 e. The predicted octanol–water partition coefficient (Wildman–Crippen LogP) is 2.47. The molecule has 0 aromatic heterocycles. The van der Waals surface area contributed by atoms with E-state index in [2.05, 4.69) is 34.3 Å². The van der Waals surface area contributed by atoms with Crippen molar-refractivity contribution in [2.45, 2.75) is 13.5 Å². The van der Waals surface area contributed by atoms with Crippen molar-refractivity contribution in [3.63, 3.8) is 0 Å². The molecule has 1 rings (SSSR count). The topological polar surface area (TPSA) is 45.7 Å². The first-order valence-corrected chi connectivity index (χ1v) is 5.90. The molecule has 0 unspecified atom stereocenters. The van der Waals surface area contributed by atoms with Gasteiger partial charge in [-0.1, -0.05) is 18.2 Å². The average Bonchev–Trinajstić information content (AvgIpc) is 2.40. The van der Waals surface area contributed by atoms with E-state index in [-0.39, 0.29) is 24.0 Å². The van der Waals surface area contributed by atoms with Crippen LogP contribution in [0.2, 0.25) is 0 Å². The maximum Gasteiger partial charge on any atom is 0.191 e. The third-order valence-corrected chi connectivity index (χ3v) is 2.53. The number of halogens is 1. The maximum atomic E-state index is 5.36. The third-order valence-electron chi connectivity index (χ3n) is 2.53. The van der Waals surface area contributed by atoms with Crippen LogP contribution in [-0.4, -0.2) is 26.7 Å². The molecule has 0 aliphatic heterocycles. The monoisotopic (exact) mass is 375 g/mol. The fraction of sp³-hybridized carbons (Fsp3) is 0.357. The number of hydrogen-bond acceptors (Lipinski definition) is 2. The number of hydrogen-bond donors (Lipinski definition) is 2. The minimum atomic E-state index is 0. The summed E-state index contributed by atoms with van der Waals surface area (Å²) >= 11 is 0. The molecule has 4 nitrogen and oxygen atoms in total. The van der Waals surface area contributed by atoms with Crippen LogP contribution in [0, 0.1) is 6.92 Å². The van der Waals surface area contributed by atoms with Gasteiger partial charge in [0.1, 0.15) is 5.75 Å². The van der Waals surface area contributed by atoms with E-state index >= 15 is 0 Å². The van der Waals surface area contributed by atoms with Gasteiger partial charge in [-0.2, -0.15) is 0 Å². The van der Waals surface area contributed by atoms with E-state index in [1.54, 1.807) is 20.2 Å². The molecule has 19 heavy (non-hydrogen) atoms. The molecule has 0 amide bonds. The van der Waals surface area contributed by atoms with E-state index in [4.69, 9.17) is 4.74 Å². The lowest BCUT2D eigenvalue weighted by molar-refractivity contribution is 0.408. The Labute approximate surface area is 132 Å². The van der Waals surface area contributed by atoms with Gasteiger partial charge < -0.3 is 15.4 Å². The zero-order valence-electron chi connectivity index (χ0n) is 11.7. The lowest BCUT2D eigenvalue weighted by Crippen LogP contribution is -2.36. The number of nitrogens with zero attached hydrogens (tertiary/aromatic N) is 1. The second kappa shape index (κ2) is 9.66. The van der Waals surface area contributed by atoms with Crippen molar-refractivity contribution >= 4 is 29.9 Å². The lowest BCUT2D eigenvalue weighted by atomic mass is 10.1. The van der Waals surface area contributed by atoms with E-state index in [9.17, 15) is 0 Å². The first kappa shape index (κ1) is 17.8. The van der Waals surface area contributed by atoms with Crippen molar-refractivity contribution in [2.75, 3.05) is 20.7 Å². The number of ether oxygens (including phenoxy) is 1. The second-order valence-corrected chi connectivity index (χ2v) is 3.91. The van der Waals surface area contributed by atoms with Crippen LogP contribution < -0.4 is 15.4 Å². The van der Waals surface area contributed by atoms with Crippen molar-refractivity contribution in [3.8, 4) is 5.75 Å². The van der Waals surface area contributed by atoms with Gasteiger partial charge in [-0.3, -0.25) is 4.99 Å². The number of benzene rings is 1. The minimum absolute atomic E-state index is 0. The van der Waals surface area contributed by atoms with Crippen molar-refractivity contribution in [1.29, 1.82) is 0 Å². The van der Waals surface area contributed by atoms with Gasteiger partial charge >= 0.3 is 0 Å². The Morgan fingerprint density at radius 3 is 2.74 bits per heavy atom. The Balaban J connectivity index is 0.00000324. The largest absolute Gasteiger partial charge is 0.496 e. The van der Waals surface area contributed by atoms with Gasteiger partial charge in [-0.15, -0.1) is 30.6 Å². The summed E-state index contributed by atoms with van der Waals surface area (Å²) in [6.45, 7) is 7.06. The molecular weight excluding hydrogens is 353 g/mol. The Morgan fingerprint density at radius 1 is 1.42 bits per heavy atom. The molecule has 5 heteroatoms. The standard InChI is InChI=1S/C14H21N3O.HI/c1-5-8-16-14(15-3)17-10-12-7-6-11(2)9-13(12)18-4;/h5-7,9H,1,8,10H2,2-4H3,(H2,15,16,17);1H. The lowest BCUT2D eigenvalue weighted by Gasteiger charge is -2.13. The van der Waals surface area contributed by atoms with Crippen LogP contribution in [0.1, 0.15) is 11.1 Å². The molecule has 2 N–H and O–H groups in total. The van der Waals surface area contributed by atoms with Gasteiger partial charge in [0.15, 0.2) is 5.96 Å². The second-order valence-electron chi connectivity index (χ2n) is 3.91. The number of aryl methyl sites for hydroxylation is 1. The molecule has 1 aromatic rings. The van der Waals surface area contributed by atoms with Crippen LogP contribution >= 0.6 is 24.0 Å². The summed E-state index contributed by atoms with van der Waals surface area (Å²) in [5, 5.41) is 6.34. The van der Waals surface area contributed by atoms with Gasteiger partial charge in [-0.05, 0) is 18.6 Å². The van der Waals surface area contributed by atoms with Crippen LogP contribution in [0.3, 0.4) is 0 Å². The van der Waals surface area contributed by atoms with Crippen LogP contribution in [0.5, 0.6) is 5.75 Å². The molecule has 0 aliphatic carbocycles. The summed E-state index contributed by atoms with van der Waals surface area (Å²) in [6.07, 6.45) is 1.79. The van der Waals surface area contributed by atoms with Gasteiger partial charge in [0.25, 0.3) is 0 Å². The van der Waals surface area contributed by atoms with Crippen LogP contribution in [0.15, 0.2) is 35.8 Å². The SMILES string of the molecule is C=CCNC(=NC)NCc1ccc(C)cc1OC.I. The molecule has 0 aliphatic rings. The first-order valence-electron chi connectivity index (χ1n) is 5.90. The van der Waals surface area contributed by atoms with Gasteiger partial charge in [0.2, 0.25) is 0 Å². The van der Waals surface area contributed by atoms with E-state index in [0.717, 1.165) is 17.3 Å². The molecule has 0 saturated carbocycles. The predicted molar refractivity (Wildman–Crippen MR) is 91.5 cm³/mol. The fourth-order valence-electron chi connectivity index (χ4n) is 1.57. The highest BCUT2D eigenvalue weighted by molar-refractivity contribution is 14.0. The summed E-state index contributed by atoms with van der Waals surface area (Å²) < 4.78 is 5.36. The summed E-state index contributed by atoms with van der Waals surface area (Å²) in [7, 11) is 3.42. The van der Waals surface area contributed by atoms with E-state index in [1.807, 2.05) is 13.0 Å². The van der Waals surface area contributed by atoms with Crippen LogP contribution in [-0.2, 0) is 6.54 Å². The summed E-state index contributed by atoms with van der Waals surface area (Å²) in [5.41, 5.74) is 2.29. The zero-order chi connectivity index (χ0) is 13.4. The molecule has 0 spiro atoms.